The molecule has 0 bridgehead atoms. The lowest BCUT2D eigenvalue weighted by atomic mass is 10.2. The lowest BCUT2D eigenvalue weighted by molar-refractivity contribution is -0.116. The number of rotatable bonds is 6. The van der Waals surface area contributed by atoms with E-state index in [2.05, 4.69) is 11.7 Å². The van der Waals surface area contributed by atoms with Crippen molar-refractivity contribution < 1.29 is 24.5 Å². The molecule has 0 aliphatic heterocycles. The molecule has 0 radical (unpaired) electrons. The molecule has 1 aromatic rings. The minimum atomic E-state index is -0.577. The van der Waals surface area contributed by atoms with Crippen LogP contribution in [0.5, 0.6) is 11.5 Å². The largest absolute Gasteiger partial charge is 0.508 e. The van der Waals surface area contributed by atoms with Crippen molar-refractivity contribution >= 4 is 12.5 Å². The summed E-state index contributed by atoms with van der Waals surface area (Å²) in [5, 5.41) is 17.3. The Morgan fingerprint density at radius 1 is 1.24 bits per heavy atom. The molecule has 2 N–H and O–H groups in total. The third-order valence-electron chi connectivity index (χ3n) is 2.62. The molecule has 2 amide bonds. The molecular weight excluding hydrogens is 274 g/mol. The highest BCUT2D eigenvalue weighted by atomic mass is 16.5. The van der Waals surface area contributed by atoms with E-state index in [1.165, 1.54) is 25.3 Å². The molecule has 118 valence electrons. The third-order valence-corrected chi connectivity index (χ3v) is 2.62. The second-order valence-electron chi connectivity index (χ2n) is 4.35. The number of phenolic OH excluding ortho intramolecular Hbond substituents is 2. The van der Waals surface area contributed by atoms with Crippen molar-refractivity contribution in [1.29, 1.82) is 0 Å². The molecular formula is C15H23NO5. The summed E-state index contributed by atoms with van der Waals surface area (Å²) in [6.45, 7) is 2.56. The molecule has 0 saturated carbocycles. The molecule has 21 heavy (non-hydrogen) atoms. The van der Waals surface area contributed by atoms with E-state index in [1.54, 1.807) is 6.07 Å². The van der Waals surface area contributed by atoms with Crippen LogP contribution >= 0.6 is 0 Å². The van der Waals surface area contributed by atoms with Gasteiger partial charge in [-0.05, 0) is 18.6 Å². The van der Waals surface area contributed by atoms with E-state index < -0.39 is 6.09 Å². The fourth-order valence-electron chi connectivity index (χ4n) is 1.51. The first-order valence-corrected chi connectivity index (χ1v) is 6.83. The van der Waals surface area contributed by atoms with E-state index in [4.69, 9.17) is 10.2 Å². The maximum Gasteiger partial charge on any atom is 0.416 e. The molecule has 0 saturated heterocycles. The second-order valence-corrected chi connectivity index (χ2v) is 4.35. The summed E-state index contributed by atoms with van der Waals surface area (Å²) in [6, 6.07) is 5.85. The number of amides is 2. The zero-order chi connectivity index (χ0) is 16.1. The molecule has 0 aliphatic rings. The number of phenols is 2. The van der Waals surface area contributed by atoms with Crippen LogP contribution in [0.25, 0.3) is 0 Å². The number of nitrogens with zero attached hydrogens (tertiary/aromatic N) is 1. The van der Waals surface area contributed by atoms with Gasteiger partial charge >= 0.3 is 6.09 Å². The summed E-state index contributed by atoms with van der Waals surface area (Å²) in [7, 11) is 1.27. The van der Waals surface area contributed by atoms with Crippen LogP contribution in [0.15, 0.2) is 24.3 Å². The van der Waals surface area contributed by atoms with Crippen molar-refractivity contribution in [3.05, 3.63) is 24.3 Å². The summed E-state index contributed by atoms with van der Waals surface area (Å²) < 4.78 is 4.42. The van der Waals surface area contributed by atoms with E-state index in [1.807, 2.05) is 0 Å². The van der Waals surface area contributed by atoms with Crippen LogP contribution in [0.1, 0.15) is 32.6 Å². The van der Waals surface area contributed by atoms with E-state index in [-0.39, 0.29) is 11.5 Å². The maximum atomic E-state index is 10.9. The molecule has 0 unspecified atom stereocenters. The Kier molecular flexibility index (Phi) is 10.3. The fraction of sp³-hybridized carbons (Fsp3) is 0.467. The van der Waals surface area contributed by atoms with E-state index in [0.717, 1.165) is 30.6 Å². The smallest absolute Gasteiger partial charge is 0.416 e. The fourth-order valence-corrected chi connectivity index (χ4v) is 1.51. The van der Waals surface area contributed by atoms with Gasteiger partial charge in [0.1, 0.15) is 11.5 Å². The van der Waals surface area contributed by atoms with Crippen LogP contribution < -0.4 is 0 Å². The predicted molar refractivity (Wildman–Crippen MR) is 79.1 cm³/mol. The minimum Gasteiger partial charge on any atom is -0.508 e. The Balaban J connectivity index is 0.000000423. The number of aromatic hydroxyl groups is 2. The van der Waals surface area contributed by atoms with Gasteiger partial charge in [0.15, 0.2) is 0 Å². The van der Waals surface area contributed by atoms with E-state index in [9.17, 15) is 9.59 Å². The number of carbonyl (C=O) groups is 2. The summed E-state index contributed by atoms with van der Waals surface area (Å²) in [4.78, 5) is 22.3. The van der Waals surface area contributed by atoms with Gasteiger partial charge in [0.25, 0.3) is 0 Å². The standard InChI is InChI=1S/C9H17NO3.C6H6O2/c1-3-4-5-6-7-10(8-11)9(12)13-2;7-5-2-1-3-6(8)4-5/h8H,3-7H2,1-2H3;1-4,7-8H. The van der Waals surface area contributed by atoms with Crippen LogP contribution in [-0.4, -0.2) is 41.3 Å². The number of methoxy groups -OCH3 is 1. The normalized spacial score (nSPS) is 9.24. The second kappa shape index (κ2) is 11.6. The van der Waals surface area contributed by atoms with Crippen molar-refractivity contribution in [3.8, 4) is 11.5 Å². The van der Waals surface area contributed by atoms with E-state index in [0.29, 0.717) is 13.0 Å². The predicted octanol–water partition coefficient (Wildman–Crippen LogP) is 2.89. The highest BCUT2D eigenvalue weighted by molar-refractivity contribution is 5.79. The summed E-state index contributed by atoms with van der Waals surface area (Å²) >= 11 is 0. The molecule has 1 rings (SSSR count). The number of benzene rings is 1. The zero-order valence-electron chi connectivity index (χ0n) is 12.5. The molecule has 0 aliphatic carbocycles. The van der Waals surface area contributed by atoms with Gasteiger partial charge in [-0.2, -0.15) is 0 Å². The van der Waals surface area contributed by atoms with Crippen molar-refractivity contribution in [3.63, 3.8) is 0 Å². The molecule has 0 atom stereocenters. The average Bonchev–Trinajstić information content (AvgIpc) is 2.47. The van der Waals surface area contributed by atoms with Crippen molar-refractivity contribution in [1.82, 2.24) is 4.90 Å². The Bertz CT molecular complexity index is 405. The van der Waals surface area contributed by atoms with Gasteiger partial charge in [-0.15, -0.1) is 0 Å². The van der Waals surface area contributed by atoms with Crippen molar-refractivity contribution in [2.75, 3.05) is 13.7 Å². The number of hydrogen-bond donors (Lipinski definition) is 2. The molecule has 1 aromatic carbocycles. The Morgan fingerprint density at radius 3 is 2.24 bits per heavy atom. The molecule has 0 spiro atoms. The first-order chi connectivity index (χ1) is 10.0. The first kappa shape index (κ1) is 18.8. The van der Waals surface area contributed by atoms with Gasteiger partial charge in [0.05, 0.1) is 7.11 Å². The number of ether oxygens (including phenoxy) is 1. The number of unbranched alkanes of at least 4 members (excludes halogenated alkanes) is 3. The number of hydrogen-bond acceptors (Lipinski definition) is 5. The van der Waals surface area contributed by atoms with Gasteiger partial charge < -0.3 is 14.9 Å². The quantitative estimate of drug-likeness (QED) is 0.622. The molecule has 6 nitrogen and oxygen atoms in total. The summed E-state index contributed by atoms with van der Waals surface area (Å²) in [5.74, 6) is 0.176. The highest BCUT2D eigenvalue weighted by Gasteiger charge is 2.10. The van der Waals surface area contributed by atoms with Crippen LogP contribution in [0.4, 0.5) is 4.79 Å². The Hall–Kier alpha value is -2.24. The van der Waals surface area contributed by atoms with Crippen molar-refractivity contribution in [2.24, 2.45) is 0 Å². The monoisotopic (exact) mass is 297 g/mol. The zero-order valence-corrected chi connectivity index (χ0v) is 12.5. The van der Waals surface area contributed by atoms with Crippen LogP contribution in [0, 0.1) is 0 Å². The molecule has 6 heteroatoms. The average molecular weight is 297 g/mol. The van der Waals surface area contributed by atoms with E-state index >= 15 is 0 Å². The lowest BCUT2D eigenvalue weighted by Crippen LogP contribution is -2.30. The van der Waals surface area contributed by atoms with Gasteiger partial charge in [0.2, 0.25) is 6.41 Å². The lowest BCUT2D eigenvalue weighted by Gasteiger charge is -2.12. The maximum absolute atomic E-state index is 10.9. The molecule has 0 aromatic heterocycles. The topological polar surface area (TPSA) is 87.1 Å². The Morgan fingerprint density at radius 2 is 1.86 bits per heavy atom. The molecule has 0 heterocycles. The van der Waals surface area contributed by atoms with Crippen LogP contribution in [-0.2, 0) is 9.53 Å². The molecule has 0 fully saturated rings. The number of imide groups is 1. The third kappa shape index (κ3) is 9.32. The van der Waals surface area contributed by atoms with Gasteiger partial charge in [0, 0.05) is 12.6 Å². The number of carbonyl (C=O) groups excluding carboxylic acids is 2. The summed E-state index contributed by atoms with van der Waals surface area (Å²) in [5.41, 5.74) is 0. The summed E-state index contributed by atoms with van der Waals surface area (Å²) in [6.07, 6.45) is 4.09. The van der Waals surface area contributed by atoms with Gasteiger partial charge in [-0.1, -0.05) is 32.3 Å². The van der Waals surface area contributed by atoms with Crippen molar-refractivity contribution in [2.45, 2.75) is 32.6 Å². The highest BCUT2D eigenvalue weighted by Crippen LogP contribution is 2.14. The van der Waals surface area contributed by atoms with Crippen LogP contribution in [0.2, 0.25) is 0 Å². The van der Waals surface area contributed by atoms with Gasteiger partial charge in [-0.3, -0.25) is 9.69 Å². The van der Waals surface area contributed by atoms with Crippen LogP contribution in [0.3, 0.4) is 0 Å². The SMILES string of the molecule is CCCCCCN(C=O)C(=O)OC.Oc1cccc(O)c1. The van der Waals surface area contributed by atoms with Gasteiger partial charge in [-0.25, -0.2) is 4.79 Å². The first-order valence-electron chi connectivity index (χ1n) is 6.83. The minimum absolute atomic E-state index is 0.0880. The Labute approximate surface area is 125 Å².